The maximum atomic E-state index is 6.48. The number of rotatable bonds is 3. The van der Waals surface area contributed by atoms with Crippen LogP contribution in [0.4, 0.5) is 0 Å². The minimum absolute atomic E-state index is 0.191. The van der Waals surface area contributed by atoms with Crippen LogP contribution in [0.15, 0.2) is 6.20 Å². The van der Waals surface area contributed by atoms with Gasteiger partial charge >= 0.3 is 0 Å². The van der Waals surface area contributed by atoms with Crippen LogP contribution in [-0.2, 0) is 13.5 Å². The van der Waals surface area contributed by atoms with Crippen LogP contribution in [0.25, 0.3) is 0 Å². The molecule has 1 aromatic heterocycles. The molecule has 2 rings (SSSR count). The molecular weight excluding hydrogens is 210 g/mol. The molecular formula is C14H25N3. The summed E-state index contributed by atoms with van der Waals surface area (Å²) in [5.41, 5.74) is 8.94. The van der Waals surface area contributed by atoms with Crippen molar-refractivity contribution in [2.75, 3.05) is 0 Å². The third-order valence-corrected chi connectivity index (χ3v) is 4.04. The Morgan fingerprint density at radius 2 is 2.00 bits per heavy atom. The Morgan fingerprint density at radius 3 is 2.59 bits per heavy atom. The van der Waals surface area contributed by atoms with Crippen molar-refractivity contribution in [1.82, 2.24) is 9.78 Å². The molecule has 0 radical (unpaired) electrons. The van der Waals surface area contributed by atoms with Gasteiger partial charge in [-0.3, -0.25) is 4.68 Å². The zero-order valence-corrected chi connectivity index (χ0v) is 11.2. The van der Waals surface area contributed by atoms with E-state index in [-0.39, 0.29) is 6.04 Å². The molecule has 0 aliphatic heterocycles. The van der Waals surface area contributed by atoms with E-state index in [0.717, 1.165) is 6.42 Å². The summed E-state index contributed by atoms with van der Waals surface area (Å²) in [4.78, 5) is 0. The number of aryl methyl sites for hydroxylation is 2. The molecule has 0 bridgehead atoms. The van der Waals surface area contributed by atoms with Crippen molar-refractivity contribution in [3.8, 4) is 0 Å². The van der Waals surface area contributed by atoms with Gasteiger partial charge in [0.25, 0.3) is 0 Å². The highest BCUT2D eigenvalue weighted by atomic mass is 15.3. The summed E-state index contributed by atoms with van der Waals surface area (Å²) in [6.07, 6.45) is 11.2. The lowest BCUT2D eigenvalue weighted by Crippen LogP contribution is -2.21. The summed E-state index contributed by atoms with van der Waals surface area (Å²) in [6, 6.07) is 0.191. The summed E-state index contributed by atoms with van der Waals surface area (Å²) in [5, 5.41) is 4.51. The van der Waals surface area contributed by atoms with E-state index in [0.29, 0.717) is 5.92 Å². The molecule has 17 heavy (non-hydrogen) atoms. The SMILES string of the molecule is CCc1nn(C)cc1C(N)C1CCCCCC1. The normalized spacial score (nSPS) is 20.2. The first-order valence-corrected chi connectivity index (χ1v) is 7.00. The number of aromatic nitrogens is 2. The molecule has 96 valence electrons. The van der Waals surface area contributed by atoms with Crippen molar-refractivity contribution in [1.29, 1.82) is 0 Å². The minimum atomic E-state index is 0.191. The molecule has 1 aromatic rings. The van der Waals surface area contributed by atoms with Crippen molar-refractivity contribution in [3.05, 3.63) is 17.5 Å². The summed E-state index contributed by atoms with van der Waals surface area (Å²) >= 11 is 0. The smallest absolute Gasteiger partial charge is 0.0669 e. The predicted molar refractivity (Wildman–Crippen MR) is 70.7 cm³/mol. The highest BCUT2D eigenvalue weighted by Gasteiger charge is 2.24. The van der Waals surface area contributed by atoms with Gasteiger partial charge in [0, 0.05) is 24.8 Å². The van der Waals surface area contributed by atoms with Gasteiger partial charge in [-0.15, -0.1) is 0 Å². The van der Waals surface area contributed by atoms with Gasteiger partial charge in [0.05, 0.1) is 5.69 Å². The molecule has 0 saturated heterocycles. The van der Waals surface area contributed by atoms with Crippen LogP contribution < -0.4 is 5.73 Å². The average molecular weight is 235 g/mol. The van der Waals surface area contributed by atoms with Crippen molar-refractivity contribution in [2.45, 2.75) is 57.9 Å². The molecule has 1 saturated carbocycles. The molecule has 1 heterocycles. The van der Waals surface area contributed by atoms with Crippen LogP contribution in [0.1, 0.15) is 62.7 Å². The zero-order valence-electron chi connectivity index (χ0n) is 11.2. The molecule has 0 amide bonds. The van der Waals surface area contributed by atoms with Gasteiger partial charge in [-0.05, 0) is 25.2 Å². The summed E-state index contributed by atoms with van der Waals surface area (Å²) in [7, 11) is 1.99. The van der Waals surface area contributed by atoms with E-state index in [1.165, 1.54) is 49.8 Å². The van der Waals surface area contributed by atoms with Gasteiger partial charge in [-0.25, -0.2) is 0 Å². The van der Waals surface area contributed by atoms with Crippen LogP contribution >= 0.6 is 0 Å². The lowest BCUT2D eigenvalue weighted by atomic mass is 9.88. The Balaban J connectivity index is 2.13. The first-order chi connectivity index (χ1) is 8.22. The second kappa shape index (κ2) is 5.67. The Kier molecular flexibility index (Phi) is 4.21. The molecule has 2 N–H and O–H groups in total. The van der Waals surface area contributed by atoms with Gasteiger partial charge in [-0.2, -0.15) is 5.10 Å². The molecule has 1 aliphatic rings. The van der Waals surface area contributed by atoms with Crippen LogP contribution in [0.2, 0.25) is 0 Å². The molecule has 3 nitrogen and oxygen atoms in total. The highest BCUT2D eigenvalue weighted by Crippen LogP contribution is 2.33. The maximum absolute atomic E-state index is 6.48. The fourth-order valence-corrected chi connectivity index (χ4v) is 3.03. The van der Waals surface area contributed by atoms with Crippen molar-refractivity contribution >= 4 is 0 Å². The molecule has 0 spiro atoms. The summed E-state index contributed by atoms with van der Waals surface area (Å²) in [6.45, 7) is 2.16. The van der Waals surface area contributed by atoms with E-state index >= 15 is 0 Å². The minimum Gasteiger partial charge on any atom is -0.324 e. The third kappa shape index (κ3) is 2.89. The van der Waals surface area contributed by atoms with Crippen LogP contribution in [0, 0.1) is 5.92 Å². The van der Waals surface area contributed by atoms with E-state index in [2.05, 4.69) is 18.2 Å². The van der Waals surface area contributed by atoms with Crippen LogP contribution in [0.3, 0.4) is 0 Å². The van der Waals surface area contributed by atoms with Crippen molar-refractivity contribution < 1.29 is 0 Å². The fourth-order valence-electron chi connectivity index (χ4n) is 3.03. The van der Waals surface area contributed by atoms with E-state index in [9.17, 15) is 0 Å². The Labute approximate surface area is 104 Å². The van der Waals surface area contributed by atoms with Gasteiger partial charge < -0.3 is 5.73 Å². The van der Waals surface area contributed by atoms with E-state index < -0.39 is 0 Å². The molecule has 1 fully saturated rings. The van der Waals surface area contributed by atoms with Crippen molar-refractivity contribution in [3.63, 3.8) is 0 Å². The van der Waals surface area contributed by atoms with E-state index in [1.807, 2.05) is 11.7 Å². The van der Waals surface area contributed by atoms with Gasteiger partial charge in [-0.1, -0.05) is 32.6 Å². The predicted octanol–water partition coefficient (Wildman–Crippen LogP) is 2.95. The quantitative estimate of drug-likeness (QED) is 0.819. The number of nitrogens with zero attached hydrogens (tertiary/aromatic N) is 2. The standard InChI is InChI=1S/C14H25N3/c1-3-13-12(10-17(2)16-13)14(15)11-8-6-4-5-7-9-11/h10-11,14H,3-9,15H2,1-2H3. The monoisotopic (exact) mass is 235 g/mol. The molecule has 1 atom stereocenters. The van der Waals surface area contributed by atoms with E-state index in [4.69, 9.17) is 5.73 Å². The molecule has 0 aromatic carbocycles. The number of hydrogen-bond acceptors (Lipinski definition) is 2. The molecule has 1 aliphatic carbocycles. The summed E-state index contributed by atoms with van der Waals surface area (Å²) < 4.78 is 1.91. The fraction of sp³-hybridized carbons (Fsp3) is 0.786. The lowest BCUT2D eigenvalue weighted by molar-refractivity contribution is 0.381. The largest absolute Gasteiger partial charge is 0.324 e. The van der Waals surface area contributed by atoms with Crippen LogP contribution in [-0.4, -0.2) is 9.78 Å². The van der Waals surface area contributed by atoms with Crippen molar-refractivity contribution in [2.24, 2.45) is 18.7 Å². The highest BCUT2D eigenvalue weighted by molar-refractivity contribution is 5.22. The first kappa shape index (κ1) is 12.6. The second-order valence-corrected chi connectivity index (χ2v) is 5.34. The van der Waals surface area contributed by atoms with Crippen LogP contribution in [0.5, 0.6) is 0 Å². The second-order valence-electron chi connectivity index (χ2n) is 5.34. The Hall–Kier alpha value is -0.830. The lowest BCUT2D eigenvalue weighted by Gasteiger charge is -2.22. The Bertz CT molecular complexity index is 348. The average Bonchev–Trinajstić information content (AvgIpc) is 2.55. The number of hydrogen-bond donors (Lipinski definition) is 1. The van der Waals surface area contributed by atoms with Gasteiger partial charge in [0.15, 0.2) is 0 Å². The number of nitrogens with two attached hydrogens (primary N) is 1. The maximum Gasteiger partial charge on any atom is 0.0669 e. The molecule has 1 unspecified atom stereocenters. The summed E-state index contributed by atoms with van der Waals surface area (Å²) in [5.74, 6) is 0.659. The topological polar surface area (TPSA) is 43.8 Å². The first-order valence-electron chi connectivity index (χ1n) is 7.00. The van der Waals surface area contributed by atoms with E-state index in [1.54, 1.807) is 0 Å². The molecule has 3 heteroatoms. The zero-order chi connectivity index (χ0) is 12.3. The third-order valence-electron chi connectivity index (χ3n) is 4.04. The van der Waals surface area contributed by atoms with Gasteiger partial charge in [0.2, 0.25) is 0 Å². The Morgan fingerprint density at radius 1 is 1.35 bits per heavy atom. The van der Waals surface area contributed by atoms with Gasteiger partial charge in [0.1, 0.15) is 0 Å².